The molecule has 1 aromatic heterocycles. The molecule has 1 saturated heterocycles. The average Bonchev–Trinajstić information content (AvgIpc) is 3.34. The molecule has 2 aromatic carbocycles. The number of benzene rings is 2. The third kappa shape index (κ3) is 3.72. The van der Waals surface area contributed by atoms with Crippen LogP contribution < -0.4 is 10.2 Å². The van der Waals surface area contributed by atoms with E-state index in [4.69, 9.17) is 4.42 Å². The van der Waals surface area contributed by atoms with Crippen molar-refractivity contribution >= 4 is 17.5 Å². The lowest BCUT2D eigenvalue weighted by atomic mass is 10.1. The molecule has 1 fully saturated rings. The van der Waals surface area contributed by atoms with Gasteiger partial charge in [-0.05, 0) is 24.3 Å². The van der Waals surface area contributed by atoms with Crippen LogP contribution in [0.2, 0.25) is 0 Å². The fourth-order valence-corrected chi connectivity index (χ4v) is 3.07. The van der Waals surface area contributed by atoms with Crippen molar-refractivity contribution < 1.29 is 14.0 Å². The third-order valence-corrected chi connectivity index (χ3v) is 4.47. The van der Waals surface area contributed by atoms with Gasteiger partial charge in [0.2, 0.25) is 23.6 Å². The molecule has 2 heterocycles. The van der Waals surface area contributed by atoms with Crippen LogP contribution in [0.4, 0.5) is 5.69 Å². The summed E-state index contributed by atoms with van der Waals surface area (Å²) in [5, 5.41) is 10.7. The average molecular weight is 362 g/mol. The lowest BCUT2D eigenvalue weighted by Crippen LogP contribution is -2.32. The van der Waals surface area contributed by atoms with Gasteiger partial charge in [-0.1, -0.05) is 36.4 Å². The van der Waals surface area contributed by atoms with Crippen molar-refractivity contribution in [3.8, 4) is 11.5 Å². The van der Waals surface area contributed by atoms with Gasteiger partial charge in [0.1, 0.15) is 0 Å². The topological polar surface area (TPSA) is 88.3 Å². The van der Waals surface area contributed by atoms with Crippen LogP contribution in [0.5, 0.6) is 0 Å². The molecule has 136 valence electrons. The van der Waals surface area contributed by atoms with Crippen LogP contribution in [0.15, 0.2) is 65.1 Å². The Morgan fingerprint density at radius 1 is 1.07 bits per heavy atom. The summed E-state index contributed by atoms with van der Waals surface area (Å²) in [6.45, 7) is 0.502. The molecule has 0 radical (unpaired) electrons. The second kappa shape index (κ2) is 7.41. The van der Waals surface area contributed by atoms with Crippen LogP contribution in [0.3, 0.4) is 0 Å². The van der Waals surface area contributed by atoms with Gasteiger partial charge in [0.05, 0.1) is 12.5 Å². The molecule has 7 heteroatoms. The number of nitrogens with one attached hydrogen (secondary N) is 1. The van der Waals surface area contributed by atoms with Crippen LogP contribution in [0.25, 0.3) is 11.5 Å². The van der Waals surface area contributed by atoms with Crippen LogP contribution in [0.1, 0.15) is 12.3 Å². The first-order valence-electron chi connectivity index (χ1n) is 8.71. The number of nitrogens with zero attached hydrogens (tertiary/aromatic N) is 3. The van der Waals surface area contributed by atoms with E-state index in [1.54, 1.807) is 4.90 Å². The van der Waals surface area contributed by atoms with E-state index in [-0.39, 0.29) is 24.8 Å². The molecular formula is C20H18N4O3. The van der Waals surface area contributed by atoms with Crippen LogP contribution in [0, 0.1) is 5.92 Å². The summed E-state index contributed by atoms with van der Waals surface area (Å²) in [6.07, 6.45) is 0.194. The van der Waals surface area contributed by atoms with E-state index < -0.39 is 5.92 Å². The standard InChI is InChI=1S/C20H18N4O3/c25-18-11-15(13-24(18)16-9-5-2-6-10-16)19(26)21-12-17-22-23-20(27-17)14-7-3-1-4-8-14/h1-10,15H,11-13H2,(H,21,26). The minimum atomic E-state index is -0.394. The molecule has 0 bridgehead atoms. The van der Waals surface area contributed by atoms with E-state index in [1.807, 2.05) is 60.7 Å². The summed E-state index contributed by atoms with van der Waals surface area (Å²) >= 11 is 0. The molecule has 7 nitrogen and oxygen atoms in total. The molecule has 0 saturated carbocycles. The molecule has 4 rings (SSSR count). The highest BCUT2D eigenvalue weighted by molar-refractivity contribution is 6.00. The summed E-state index contributed by atoms with van der Waals surface area (Å²) in [5.74, 6) is 0.0959. The van der Waals surface area contributed by atoms with E-state index in [1.165, 1.54) is 0 Å². The molecule has 1 atom stereocenters. The van der Waals surface area contributed by atoms with Gasteiger partial charge in [0, 0.05) is 24.2 Å². The predicted molar refractivity (Wildman–Crippen MR) is 98.5 cm³/mol. The fourth-order valence-electron chi connectivity index (χ4n) is 3.07. The minimum absolute atomic E-state index is 0.0505. The van der Waals surface area contributed by atoms with Crippen LogP contribution >= 0.6 is 0 Å². The fraction of sp³-hybridized carbons (Fsp3) is 0.200. The highest BCUT2D eigenvalue weighted by Crippen LogP contribution is 2.25. The summed E-state index contributed by atoms with van der Waals surface area (Å²) < 4.78 is 5.58. The maximum absolute atomic E-state index is 12.4. The van der Waals surface area contributed by atoms with Gasteiger partial charge >= 0.3 is 0 Å². The first-order chi connectivity index (χ1) is 13.2. The zero-order chi connectivity index (χ0) is 18.6. The number of anilines is 1. The molecule has 1 unspecified atom stereocenters. The molecular weight excluding hydrogens is 344 g/mol. The second-order valence-corrected chi connectivity index (χ2v) is 6.33. The number of carbonyl (C=O) groups is 2. The number of hydrogen-bond donors (Lipinski definition) is 1. The Kier molecular flexibility index (Phi) is 4.65. The largest absolute Gasteiger partial charge is 0.419 e. The lowest BCUT2D eigenvalue weighted by molar-refractivity contribution is -0.126. The zero-order valence-electron chi connectivity index (χ0n) is 14.5. The first-order valence-corrected chi connectivity index (χ1v) is 8.71. The van der Waals surface area contributed by atoms with Crippen molar-refractivity contribution in [2.75, 3.05) is 11.4 Å². The van der Waals surface area contributed by atoms with Gasteiger partial charge in [-0.15, -0.1) is 10.2 Å². The molecule has 0 spiro atoms. The van der Waals surface area contributed by atoms with E-state index in [2.05, 4.69) is 15.5 Å². The molecule has 1 N–H and O–H groups in total. The summed E-state index contributed by atoms with van der Waals surface area (Å²) in [6, 6.07) is 18.8. The van der Waals surface area contributed by atoms with Gasteiger partial charge in [-0.3, -0.25) is 9.59 Å². The number of para-hydroxylation sites is 1. The smallest absolute Gasteiger partial charge is 0.247 e. The normalized spacial score (nSPS) is 16.5. The van der Waals surface area contributed by atoms with E-state index >= 15 is 0 Å². The van der Waals surface area contributed by atoms with Gasteiger partial charge in [0.15, 0.2) is 0 Å². The summed E-state index contributed by atoms with van der Waals surface area (Å²) in [4.78, 5) is 26.3. The number of aromatic nitrogens is 2. The Labute approximate surface area is 156 Å². The Balaban J connectivity index is 1.35. The van der Waals surface area contributed by atoms with Crippen molar-refractivity contribution in [3.63, 3.8) is 0 Å². The predicted octanol–water partition coefficient (Wildman–Crippen LogP) is 2.41. The Bertz CT molecular complexity index is 940. The Morgan fingerprint density at radius 2 is 1.78 bits per heavy atom. The maximum Gasteiger partial charge on any atom is 0.247 e. The monoisotopic (exact) mass is 362 g/mol. The number of hydrogen-bond acceptors (Lipinski definition) is 5. The van der Waals surface area contributed by atoms with Gasteiger partial charge in [-0.25, -0.2) is 0 Å². The Hall–Kier alpha value is -3.48. The molecule has 27 heavy (non-hydrogen) atoms. The van der Waals surface area contributed by atoms with Gasteiger partial charge < -0.3 is 14.6 Å². The molecule has 1 aliphatic heterocycles. The molecule has 2 amide bonds. The molecule has 3 aromatic rings. The quantitative estimate of drug-likeness (QED) is 0.753. The van der Waals surface area contributed by atoms with Crippen molar-refractivity contribution in [2.45, 2.75) is 13.0 Å². The second-order valence-electron chi connectivity index (χ2n) is 6.33. The van der Waals surface area contributed by atoms with E-state index in [0.29, 0.717) is 18.3 Å². The van der Waals surface area contributed by atoms with Gasteiger partial charge in [0.25, 0.3) is 0 Å². The highest BCUT2D eigenvalue weighted by atomic mass is 16.4. The van der Waals surface area contributed by atoms with E-state index in [9.17, 15) is 9.59 Å². The first kappa shape index (κ1) is 17.0. The van der Waals surface area contributed by atoms with Crippen LogP contribution in [-0.2, 0) is 16.1 Å². The van der Waals surface area contributed by atoms with Gasteiger partial charge in [-0.2, -0.15) is 0 Å². The molecule has 0 aliphatic carbocycles. The Morgan fingerprint density at radius 3 is 2.52 bits per heavy atom. The van der Waals surface area contributed by atoms with Crippen molar-refractivity contribution in [3.05, 3.63) is 66.6 Å². The zero-order valence-corrected chi connectivity index (χ0v) is 14.5. The van der Waals surface area contributed by atoms with Crippen molar-refractivity contribution in [1.29, 1.82) is 0 Å². The number of carbonyl (C=O) groups excluding carboxylic acids is 2. The minimum Gasteiger partial charge on any atom is -0.419 e. The van der Waals surface area contributed by atoms with Crippen molar-refractivity contribution in [1.82, 2.24) is 15.5 Å². The van der Waals surface area contributed by atoms with Crippen LogP contribution in [-0.4, -0.2) is 28.6 Å². The summed E-state index contributed by atoms with van der Waals surface area (Å²) in [7, 11) is 0. The SMILES string of the molecule is O=C(NCc1nnc(-c2ccccc2)o1)C1CC(=O)N(c2ccccc2)C1. The van der Waals surface area contributed by atoms with E-state index in [0.717, 1.165) is 11.3 Å². The highest BCUT2D eigenvalue weighted by Gasteiger charge is 2.35. The van der Waals surface area contributed by atoms with Crippen molar-refractivity contribution in [2.24, 2.45) is 5.92 Å². The number of rotatable bonds is 5. The number of amides is 2. The molecule has 1 aliphatic rings. The lowest BCUT2D eigenvalue weighted by Gasteiger charge is -2.16. The summed E-state index contributed by atoms with van der Waals surface area (Å²) in [5.41, 5.74) is 1.63. The third-order valence-electron chi connectivity index (χ3n) is 4.47. The maximum atomic E-state index is 12.4.